The molecule has 0 unspecified atom stereocenters. The van der Waals surface area contributed by atoms with Crippen molar-refractivity contribution >= 4 is 11.9 Å². The summed E-state index contributed by atoms with van der Waals surface area (Å²) in [7, 11) is 0. The molecule has 0 aromatic rings. The molecule has 0 saturated carbocycles. The highest BCUT2D eigenvalue weighted by atomic mass is 16.6. The number of carbonyl (C=O) groups excluding carboxylic acids is 2. The molecule has 0 fully saturated rings. The number of ether oxygens (including phenoxy) is 2. The summed E-state index contributed by atoms with van der Waals surface area (Å²) in [5.74, 6) is -0.647. The normalized spacial score (nSPS) is 13.5. The van der Waals surface area contributed by atoms with E-state index in [0.29, 0.717) is 19.3 Å². The van der Waals surface area contributed by atoms with Gasteiger partial charge in [0.2, 0.25) is 0 Å². The third-order valence-corrected chi connectivity index (χ3v) is 7.34. The maximum atomic E-state index is 11.9. The van der Waals surface area contributed by atoms with Crippen LogP contribution < -0.4 is 0 Å². The molecule has 0 aliphatic heterocycles. The van der Waals surface area contributed by atoms with Gasteiger partial charge in [-0.05, 0) is 64.7 Å². The first kappa shape index (κ1) is 41.8. The van der Waals surface area contributed by atoms with Gasteiger partial charge < -0.3 is 19.7 Å². The van der Waals surface area contributed by atoms with Crippen LogP contribution in [0.4, 0.5) is 0 Å². The number of hydrogen-bond donors (Lipinski definition) is 2. The third-order valence-electron chi connectivity index (χ3n) is 7.34. The maximum absolute atomic E-state index is 11.9. The molecule has 44 heavy (non-hydrogen) atoms. The zero-order valence-electron chi connectivity index (χ0n) is 28.3. The lowest BCUT2D eigenvalue weighted by Crippen LogP contribution is -2.25. The summed E-state index contributed by atoms with van der Waals surface area (Å²) in [5, 5.41) is 19.2. The second kappa shape index (κ2) is 33.7. The standard InChI is InChI=1S/C38H66O6/c1-3-4-5-6-7-8-9-16-19-22-25-28-31-37(41)43-33-36(40)34-44-38(42)32-29-26-23-20-17-14-12-10-11-13-15-18-21-24-27-30-35(2)39/h11-14,18,20-21,23,35-36,39-40H,3-10,15-17,19,22,24-34H2,1-2H3/b13-11-,14-12-,21-18-,23-20-/t35-,36+/m1/s1. The van der Waals surface area contributed by atoms with Crippen molar-refractivity contribution in [2.75, 3.05) is 13.2 Å². The molecule has 0 aromatic carbocycles. The number of rotatable bonds is 31. The Labute approximate surface area is 270 Å². The summed E-state index contributed by atoms with van der Waals surface area (Å²) in [6, 6.07) is 0. The predicted octanol–water partition coefficient (Wildman–Crippen LogP) is 9.64. The van der Waals surface area contributed by atoms with Crippen molar-refractivity contribution < 1.29 is 29.3 Å². The Kier molecular flexibility index (Phi) is 32.0. The number of esters is 2. The van der Waals surface area contributed by atoms with Crippen molar-refractivity contribution in [2.24, 2.45) is 0 Å². The summed E-state index contributed by atoms with van der Waals surface area (Å²) in [4.78, 5) is 23.8. The van der Waals surface area contributed by atoms with E-state index in [9.17, 15) is 19.8 Å². The molecule has 0 heterocycles. The van der Waals surface area contributed by atoms with E-state index in [1.807, 2.05) is 6.92 Å². The molecule has 0 bridgehead atoms. The molecular formula is C38H66O6. The minimum Gasteiger partial charge on any atom is -0.463 e. The Balaban J connectivity index is 3.57. The second-order valence-electron chi connectivity index (χ2n) is 11.9. The second-order valence-corrected chi connectivity index (χ2v) is 11.9. The van der Waals surface area contributed by atoms with Gasteiger partial charge in [-0.15, -0.1) is 0 Å². The topological polar surface area (TPSA) is 93.1 Å². The Morgan fingerprint density at radius 3 is 1.39 bits per heavy atom. The monoisotopic (exact) mass is 618 g/mol. The molecule has 0 aliphatic carbocycles. The lowest BCUT2D eigenvalue weighted by molar-refractivity contribution is -0.152. The van der Waals surface area contributed by atoms with E-state index in [1.54, 1.807) is 0 Å². The highest BCUT2D eigenvalue weighted by molar-refractivity contribution is 5.69. The molecule has 0 aromatic heterocycles. The van der Waals surface area contributed by atoms with E-state index in [1.165, 1.54) is 57.8 Å². The first-order valence-corrected chi connectivity index (χ1v) is 17.7. The molecule has 0 aliphatic rings. The van der Waals surface area contributed by atoms with Crippen molar-refractivity contribution in [3.8, 4) is 0 Å². The van der Waals surface area contributed by atoms with Crippen LogP contribution in [0.2, 0.25) is 0 Å². The van der Waals surface area contributed by atoms with Crippen LogP contribution >= 0.6 is 0 Å². The van der Waals surface area contributed by atoms with Crippen molar-refractivity contribution in [3.05, 3.63) is 48.6 Å². The Morgan fingerprint density at radius 2 is 0.932 bits per heavy atom. The largest absolute Gasteiger partial charge is 0.463 e. The number of carbonyl (C=O) groups is 2. The van der Waals surface area contributed by atoms with E-state index < -0.39 is 6.10 Å². The fourth-order valence-corrected chi connectivity index (χ4v) is 4.63. The number of allylic oxidation sites excluding steroid dienone is 8. The molecule has 0 spiro atoms. The average molecular weight is 619 g/mol. The van der Waals surface area contributed by atoms with Gasteiger partial charge in [-0.25, -0.2) is 0 Å². The number of hydrogen-bond acceptors (Lipinski definition) is 6. The van der Waals surface area contributed by atoms with E-state index in [4.69, 9.17) is 9.47 Å². The molecule has 2 N–H and O–H groups in total. The average Bonchev–Trinajstić information content (AvgIpc) is 3.00. The van der Waals surface area contributed by atoms with Crippen molar-refractivity contribution in [3.63, 3.8) is 0 Å². The molecule has 6 nitrogen and oxygen atoms in total. The first-order chi connectivity index (χ1) is 21.5. The molecule has 2 atom stereocenters. The smallest absolute Gasteiger partial charge is 0.305 e. The fraction of sp³-hybridized carbons (Fsp3) is 0.737. The van der Waals surface area contributed by atoms with Crippen LogP contribution in [0, 0.1) is 0 Å². The summed E-state index contributed by atoms with van der Waals surface area (Å²) in [5.41, 5.74) is 0. The molecule has 6 heteroatoms. The molecule has 254 valence electrons. The molecular weight excluding hydrogens is 552 g/mol. The van der Waals surface area contributed by atoms with Gasteiger partial charge in [0.25, 0.3) is 0 Å². The SMILES string of the molecule is CCCCCCCCCCCCCCC(=O)OC[C@H](O)COC(=O)CCC/C=C\C/C=C\C/C=C\C/C=C\CCC[C@@H](C)O. The van der Waals surface area contributed by atoms with E-state index >= 15 is 0 Å². The highest BCUT2D eigenvalue weighted by Crippen LogP contribution is 2.13. The van der Waals surface area contributed by atoms with Gasteiger partial charge in [-0.1, -0.05) is 126 Å². The Morgan fingerprint density at radius 1 is 0.545 bits per heavy atom. The Bertz CT molecular complexity index is 767. The van der Waals surface area contributed by atoms with Crippen LogP contribution in [-0.2, 0) is 19.1 Å². The van der Waals surface area contributed by atoms with Gasteiger partial charge in [-0.3, -0.25) is 9.59 Å². The molecule has 0 rings (SSSR count). The molecule has 0 amide bonds. The highest BCUT2D eigenvalue weighted by Gasteiger charge is 2.12. The lowest BCUT2D eigenvalue weighted by Gasteiger charge is -2.12. The minimum atomic E-state index is -0.991. The zero-order chi connectivity index (χ0) is 32.4. The summed E-state index contributed by atoms with van der Waals surface area (Å²) < 4.78 is 10.2. The van der Waals surface area contributed by atoms with E-state index in [-0.39, 0.29) is 31.3 Å². The van der Waals surface area contributed by atoms with Gasteiger partial charge in [0.05, 0.1) is 6.10 Å². The number of unbranched alkanes of at least 4 members (excludes halogenated alkanes) is 13. The molecule has 0 saturated heterocycles. The van der Waals surface area contributed by atoms with Gasteiger partial charge in [0.1, 0.15) is 19.3 Å². The fourth-order valence-electron chi connectivity index (χ4n) is 4.63. The van der Waals surface area contributed by atoms with Crippen LogP contribution in [0.3, 0.4) is 0 Å². The summed E-state index contributed by atoms with van der Waals surface area (Å²) >= 11 is 0. The first-order valence-electron chi connectivity index (χ1n) is 17.7. The van der Waals surface area contributed by atoms with Crippen LogP contribution in [0.25, 0.3) is 0 Å². The van der Waals surface area contributed by atoms with Gasteiger partial charge in [0, 0.05) is 12.8 Å². The van der Waals surface area contributed by atoms with Crippen molar-refractivity contribution in [1.82, 2.24) is 0 Å². The minimum absolute atomic E-state index is 0.140. The third kappa shape index (κ3) is 34.3. The summed E-state index contributed by atoms with van der Waals surface area (Å²) in [6.45, 7) is 3.78. The van der Waals surface area contributed by atoms with Crippen LogP contribution in [0.5, 0.6) is 0 Å². The predicted molar refractivity (Wildman–Crippen MR) is 183 cm³/mol. The zero-order valence-corrected chi connectivity index (χ0v) is 28.3. The van der Waals surface area contributed by atoms with Crippen LogP contribution in [0.15, 0.2) is 48.6 Å². The van der Waals surface area contributed by atoms with Gasteiger partial charge in [-0.2, -0.15) is 0 Å². The number of aliphatic hydroxyl groups is 2. The lowest BCUT2D eigenvalue weighted by atomic mass is 10.0. The molecule has 0 radical (unpaired) electrons. The number of aliphatic hydroxyl groups excluding tert-OH is 2. The van der Waals surface area contributed by atoms with Crippen LogP contribution in [0.1, 0.15) is 155 Å². The van der Waals surface area contributed by atoms with Gasteiger partial charge in [0.15, 0.2) is 0 Å². The van der Waals surface area contributed by atoms with Gasteiger partial charge >= 0.3 is 11.9 Å². The summed E-state index contributed by atoms with van der Waals surface area (Å²) in [6.07, 6.45) is 38.6. The van der Waals surface area contributed by atoms with E-state index in [0.717, 1.165) is 64.2 Å². The maximum Gasteiger partial charge on any atom is 0.305 e. The van der Waals surface area contributed by atoms with E-state index in [2.05, 4.69) is 55.5 Å². The van der Waals surface area contributed by atoms with Crippen molar-refractivity contribution in [1.29, 1.82) is 0 Å². The van der Waals surface area contributed by atoms with Crippen molar-refractivity contribution in [2.45, 2.75) is 167 Å². The quantitative estimate of drug-likeness (QED) is 0.0456. The Hall–Kier alpha value is -2.18. The van der Waals surface area contributed by atoms with Crippen LogP contribution in [-0.4, -0.2) is 47.6 Å².